The van der Waals surface area contributed by atoms with Crippen LogP contribution in [0.15, 0.2) is 16.7 Å². The predicted octanol–water partition coefficient (Wildman–Crippen LogP) is 3.38. The average Bonchev–Trinajstić information content (AvgIpc) is 2.29. The molecular formula is C12H16BrN3O2. The van der Waals surface area contributed by atoms with Gasteiger partial charge in [0.2, 0.25) is 5.82 Å². The van der Waals surface area contributed by atoms with Gasteiger partial charge in [0.25, 0.3) is 0 Å². The molecule has 0 bridgehead atoms. The van der Waals surface area contributed by atoms with Gasteiger partial charge in [-0.05, 0) is 34.2 Å². The van der Waals surface area contributed by atoms with Crippen LogP contribution in [0, 0.1) is 15.5 Å². The summed E-state index contributed by atoms with van der Waals surface area (Å²) in [5, 5.41) is 11.1. The zero-order valence-electron chi connectivity index (χ0n) is 10.5. The van der Waals surface area contributed by atoms with Crippen LogP contribution in [-0.4, -0.2) is 23.0 Å². The highest BCUT2D eigenvalue weighted by molar-refractivity contribution is 9.10. The van der Waals surface area contributed by atoms with Crippen molar-refractivity contribution in [3.63, 3.8) is 0 Å². The minimum atomic E-state index is -0.368. The second-order valence-corrected chi connectivity index (χ2v) is 6.32. The molecule has 2 heterocycles. The molecule has 98 valence electrons. The van der Waals surface area contributed by atoms with Crippen LogP contribution in [0.1, 0.15) is 26.7 Å². The maximum atomic E-state index is 11.1. The van der Waals surface area contributed by atoms with E-state index in [0.29, 0.717) is 15.7 Å². The summed E-state index contributed by atoms with van der Waals surface area (Å²) in [5.74, 6) is 0.485. The largest absolute Gasteiger partial charge is 0.351 e. The Morgan fingerprint density at radius 3 is 2.61 bits per heavy atom. The van der Waals surface area contributed by atoms with E-state index in [1.165, 1.54) is 6.07 Å². The van der Waals surface area contributed by atoms with Crippen LogP contribution in [0.4, 0.5) is 11.5 Å². The molecule has 1 aromatic heterocycles. The van der Waals surface area contributed by atoms with E-state index in [2.05, 4.69) is 34.8 Å². The van der Waals surface area contributed by atoms with Crippen LogP contribution < -0.4 is 4.90 Å². The average molecular weight is 314 g/mol. The summed E-state index contributed by atoms with van der Waals surface area (Å²) in [7, 11) is 0. The summed E-state index contributed by atoms with van der Waals surface area (Å²) in [5.41, 5.74) is 0.393. The summed E-state index contributed by atoms with van der Waals surface area (Å²) in [6, 6.07) is 1.52. The molecular weight excluding hydrogens is 298 g/mol. The highest BCUT2D eigenvalue weighted by Gasteiger charge is 2.29. The van der Waals surface area contributed by atoms with Gasteiger partial charge in [-0.25, -0.2) is 4.98 Å². The molecule has 5 nitrogen and oxygen atoms in total. The summed E-state index contributed by atoms with van der Waals surface area (Å²) >= 11 is 3.22. The zero-order valence-corrected chi connectivity index (χ0v) is 12.1. The minimum Gasteiger partial charge on any atom is -0.351 e. The molecule has 1 aromatic rings. The summed E-state index contributed by atoms with van der Waals surface area (Å²) in [6.07, 6.45) is 3.67. The number of nitro groups is 1. The molecule has 1 saturated heterocycles. The molecule has 0 radical (unpaired) electrons. The molecule has 0 saturated carbocycles. The number of halogens is 1. The van der Waals surface area contributed by atoms with Crippen LogP contribution in [0.25, 0.3) is 0 Å². The molecule has 0 unspecified atom stereocenters. The third-order valence-electron chi connectivity index (χ3n) is 3.43. The van der Waals surface area contributed by atoms with Crippen molar-refractivity contribution in [1.82, 2.24) is 4.98 Å². The predicted molar refractivity (Wildman–Crippen MR) is 73.8 cm³/mol. The Hall–Kier alpha value is -1.17. The van der Waals surface area contributed by atoms with Gasteiger partial charge in [-0.15, -0.1) is 0 Å². The van der Waals surface area contributed by atoms with Crippen LogP contribution in [0.2, 0.25) is 0 Å². The van der Waals surface area contributed by atoms with Gasteiger partial charge in [-0.3, -0.25) is 10.1 Å². The van der Waals surface area contributed by atoms with Crippen molar-refractivity contribution in [3.8, 4) is 0 Å². The molecule has 0 spiro atoms. The summed E-state index contributed by atoms with van der Waals surface area (Å²) in [6.45, 7) is 6.10. The Labute approximate surface area is 114 Å². The van der Waals surface area contributed by atoms with Crippen molar-refractivity contribution in [3.05, 3.63) is 26.9 Å². The molecule has 18 heavy (non-hydrogen) atoms. The fourth-order valence-electron chi connectivity index (χ4n) is 2.12. The molecule has 6 heteroatoms. The number of hydrogen-bond donors (Lipinski definition) is 0. The van der Waals surface area contributed by atoms with Gasteiger partial charge in [0.15, 0.2) is 0 Å². The Kier molecular flexibility index (Phi) is 3.56. The van der Waals surface area contributed by atoms with E-state index in [0.717, 1.165) is 25.9 Å². The van der Waals surface area contributed by atoms with E-state index in [-0.39, 0.29) is 10.6 Å². The second-order valence-electron chi connectivity index (χ2n) is 5.40. The second kappa shape index (κ2) is 4.84. The number of piperidine rings is 1. The first-order chi connectivity index (χ1) is 8.39. The van der Waals surface area contributed by atoms with Crippen molar-refractivity contribution in [2.75, 3.05) is 18.0 Å². The van der Waals surface area contributed by atoms with Crippen molar-refractivity contribution < 1.29 is 4.92 Å². The number of pyridine rings is 1. The van der Waals surface area contributed by atoms with Gasteiger partial charge in [-0.2, -0.15) is 0 Å². The highest BCUT2D eigenvalue weighted by Crippen LogP contribution is 2.35. The van der Waals surface area contributed by atoms with Crippen molar-refractivity contribution in [2.24, 2.45) is 5.41 Å². The minimum absolute atomic E-state index is 0.0732. The molecule has 1 aliphatic heterocycles. The molecule has 0 aromatic carbocycles. The fourth-order valence-corrected chi connectivity index (χ4v) is 2.44. The Morgan fingerprint density at radius 1 is 1.44 bits per heavy atom. The lowest BCUT2D eigenvalue weighted by atomic mass is 9.83. The normalized spacial score (nSPS) is 18.7. The lowest BCUT2D eigenvalue weighted by Crippen LogP contribution is -2.38. The summed E-state index contributed by atoms with van der Waals surface area (Å²) < 4.78 is 0.635. The fraction of sp³-hybridized carbons (Fsp3) is 0.583. The lowest BCUT2D eigenvalue weighted by molar-refractivity contribution is -0.384. The van der Waals surface area contributed by atoms with Gasteiger partial charge in [0.05, 0.1) is 4.92 Å². The smallest absolute Gasteiger partial charge is 0.312 e. The topological polar surface area (TPSA) is 59.3 Å². The van der Waals surface area contributed by atoms with Crippen LogP contribution in [0.5, 0.6) is 0 Å². The maximum absolute atomic E-state index is 11.1. The third-order valence-corrected chi connectivity index (χ3v) is 3.86. The zero-order chi connectivity index (χ0) is 13.3. The number of rotatable bonds is 2. The van der Waals surface area contributed by atoms with E-state index in [1.807, 2.05) is 4.90 Å². The number of hydrogen-bond acceptors (Lipinski definition) is 4. The Bertz CT molecular complexity index is 466. The van der Waals surface area contributed by atoms with Crippen molar-refractivity contribution in [2.45, 2.75) is 26.7 Å². The van der Waals surface area contributed by atoms with Gasteiger partial charge in [0, 0.05) is 29.8 Å². The molecule has 0 aliphatic carbocycles. The van der Waals surface area contributed by atoms with Crippen LogP contribution in [-0.2, 0) is 0 Å². The van der Waals surface area contributed by atoms with Gasteiger partial charge < -0.3 is 4.90 Å². The monoisotopic (exact) mass is 313 g/mol. The molecule has 0 amide bonds. The number of anilines is 1. The Morgan fingerprint density at radius 2 is 2.06 bits per heavy atom. The highest BCUT2D eigenvalue weighted by atomic mass is 79.9. The standard InChI is InChI=1S/C12H16BrN3O2/c1-12(2)3-5-15(6-4-12)11-10(16(17)18)7-9(13)8-14-11/h7-8H,3-6H2,1-2H3. The first-order valence-electron chi connectivity index (χ1n) is 5.94. The van der Waals surface area contributed by atoms with Crippen molar-refractivity contribution >= 4 is 27.4 Å². The lowest BCUT2D eigenvalue weighted by Gasteiger charge is -2.37. The quantitative estimate of drug-likeness (QED) is 0.620. The van der Waals surface area contributed by atoms with E-state index < -0.39 is 0 Å². The molecule has 0 N–H and O–H groups in total. The van der Waals surface area contributed by atoms with Gasteiger partial charge >= 0.3 is 5.69 Å². The van der Waals surface area contributed by atoms with E-state index in [9.17, 15) is 10.1 Å². The molecule has 1 fully saturated rings. The van der Waals surface area contributed by atoms with E-state index in [4.69, 9.17) is 0 Å². The molecule has 0 atom stereocenters. The first-order valence-corrected chi connectivity index (χ1v) is 6.73. The van der Waals surface area contributed by atoms with Crippen molar-refractivity contribution in [1.29, 1.82) is 0 Å². The third kappa shape index (κ3) is 2.80. The van der Waals surface area contributed by atoms with Gasteiger partial charge in [-0.1, -0.05) is 13.8 Å². The molecule has 1 aliphatic rings. The van der Waals surface area contributed by atoms with E-state index in [1.54, 1.807) is 6.20 Å². The maximum Gasteiger partial charge on any atom is 0.312 e. The number of aromatic nitrogens is 1. The SMILES string of the molecule is CC1(C)CCN(c2ncc(Br)cc2[N+](=O)[O-])CC1. The van der Waals surface area contributed by atoms with Crippen LogP contribution in [0.3, 0.4) is 0 Å². The molecule has 2 rings (SSSR count). The van der Waals surface area contributed by atoms with Gasteiger partial charge in [0.1, 0.15) is 0 Å². The Balaban J connectivity index is 2.26. The first kappa shape index (κ1) is 13.3. The summed E-state index contributed by atoms with van der Waals surface area (Å²) in [4.78, 5) is 16.9. The van der Waals surface area contributed by atoms with E-state index >= 15 is 0 Å². The van der Waals surface area contributed by atoms with Crippen LogP contribution >= 0.6 is 15.9 Å². The number of nitrogens with zero attached hydrogens (tertiary/aromatic N) is 3.